The third-order valence-corrected chi connectivity index (χ3v) is 8.05. The summed E-state index contributed by atoms with van der Waals surface area (Å²) in [4.78, 5) is 71.3. The predicted octanol–water partition coefficient (Wildman–Crippen LogP) is 1.69. The number of carboxylic acid groups (broad SMARTS) is 1. The summed E-state index contributed by atoms with van der Waals surface area (Å²) >= 11 is 0. The van der Waals surface area contributed by atoms with Crippen molar-refractivity contribution in [3.05, 3.63) is 77.9 Å². The van der Waals surface area contributed by atoms with Crippen molar-refractivity contribution in [2.45, 2.75) is 56.1 Å². The number of benzene rings is 2. The lowest BCUT2D eigenvalue weighted by Gasteiger charge is -2.28. The third-order valence-electron chi connectivity index (χ3n) is 8.05. The average molecular weight is 603 g/mol. The molecule has 4 amide bonds. The number of fused-ring (bicyclic) bond motifs is 3. The zero-order valence-electron chi connectivity index (χ0n) is 23.9. The Labute approximate surface area is 253 Å². The fourth-order valence-corrected chi connectivity index (χ4v) is 5.91. The van der Waals surface area contributed by atoms with Gasteiger partial charge in [-0.05, 0) is 41.5 Å². The number of rotatable bonds is 12. The lowest BCUT2D eigenvalue weighted by atomic mass is 9.98. The van der Waals surface area contributed by atoms with Crippen LogP contribution in [0.3, 0.4) is 0 Å². The van der Waals surface area contributed by atoms with Gasteiger partial charge in [0.25, 0.3) is 0 Å². The molecule has 0 unspecified atom stereocenters. The number of carboxylic acids is 1. The number of aromatic amines is 1. The Morgan fingerprint density at radius 2 is 1.70 bits per heavy atom. The number of amides is 4. The first-order valence-electron chi connectivity index (χ1n) is 14.4. The van der Waals surface area contributed by atoms with Gasteiger partial charge >= 0.3 is 12.1 Å². The number of nitrogens with zero attached hydrogens (tertiary/aromatic N) is 2. The first-order valence-corrected chi connectivity index (χ1v) is 14.4. The highest BCUT2D eigenvalue weighted by molar-refractivity contribution is 5.93. The van der Waals surface area contributed by atoms with Gasteiger partial charge in [0, 0.05) is 37.2 Å². The van der Waals surface area contributed by atoms with Gasteiger partial charge in [-0.2, -0.15) is 0 Å². The SMILES string of the molecule is NC(=O)CC[C@@H](NC(=O)[C@H](Cc1cnc[nH]1)NC(=O)OCC1c2ccccc2-c2ccccc21)C(=O)N1CCC[C@@H]1C(=O)O. The standard InChI is InChI=1S/C31H34N6O7/c32-27(38)12-11-24(29(40)37-13-5-10-26(37)30(41)42)35-28(39)25(14-18-15-33-17-34-18)36-31(43)44-16-23-21-8-3-1-6-19(21)20-7-2-4-9-22(20)23/h1-4,6-9,15,17,23-26H,5,10-14,16H2,(H2,32,38)(H,33,34)(H,35,39)(H,36,43)(H,41,42)/t24-,25+,26-/m1/s1. The zero-order valence-corrected chi connectivity index (χ0v) is 23.9. The molecule has 5 rings (SSSR count). The van der Waals surface area contributed by atoms with Gasteiger partial charge in [0.05, 0.1) is 6.33 Å². The Bertz CT molecular complexity index is 1500. The van der Waals surface area contributed by atoms with E-state index < -0.39 is 47.9 Å². The Kier molecular flexibility index (Phi) is 9.22. The van der Waals surface area contributed by atoms with E-state index in [4.69, 9.17) is 10.5 Å². The molecule has 0 saturated carbocycles. The van der Waals surface area contributed by atoms with E-state index in [-0.39, 0.29) is 44.8 Å². The van der Waals surface area contributed by atoms with Crippen LogP contribution in [-0.4, -0.2) is 81.0 Å². The Morgan fingerprint density at radius 1 is 1.02 bits per heavy atom. The van der Waals surface area contributed by atoms with Gasteiger partial charge in [-0.15, -0.1) is 0 Å². The van der Waals surface area contributed by atoms with Crippen molar-refractivity contribution in [2.24, 2.45) is 5.73 Å². The van der Waals surface area contributed by atoms with Crippen LogP contribution in [0.25, 0.3) is 11.1 Å². The number of nitrogens with two attached hydrogens (primary N) is 1. The second kappa shape index (κ2) is 13.4. The van der Waals surface area contributed by atoms with Gasteiger partial charge < -0.3 is 36.1 Å². The number of H-pyrrole nitrogens is 1. The second-order valence-corrected chi connectivity index (χ2v) is 10.9. The summed E-state index contributed by atoms with van der Waals surface area (Å²) in [5.41, 5.74) is 10.1. The van der Waals surface area contributed by atoms with E-state index in [1.165, 1.54) is 17.4 Å². The summed E-state index contributed by atoms with van der Waals surface area (Å²) in [6.45, 7) is 0.234. The molecule has 2 aromatic carbocycles. The van der Waals surface area contributed by atoms with Gasteiger partial charge in [-0.25, -0.2) is 14.6 Å². The number of aromatic nitrogens is 2. The van der Waals surface area contributed by atoms with Crippen LogP contribution < -0.4 is 16.4 Å². The summed E-state index contributed by atoms with van der Waals surface area (Å²) in [5.74, 6) is -3.37. The molecule has 1 saturated heterocycles. The zero-order chi connectivity index (χ0) is 31.2. The van der Waals surface area contributed by atoms with Crippen LogP contribution in [0.5, 0.6) is 0 Å². The first kappa shape index (κ1) is 30.3. The minimum atomic E-state index is -1.23. The average Bonchev–Trinajstić information content (AvgIpc) is 3.77. The largest absolute Gasteiger partial charge is 0.480 e. The van der Waals surface area contributed by atoms with Crippen LogP contribution in [0, 0.1) is 0 Å². The molecule has 6 N–H and O–H groups in total. The number of carbonyl (C=O) groups is 5. The molecule has 1 aliphatic carbocycles. The number of hydrogen-bond donors (Lipinski definition) is 5. The highest BCUT2D eigenvalue weighted by atomic mass is 16.5. The number of ether oxygens (including phenoxy) is 1. The molecular weight excluding hydrogens is 568 g/mol. The molecule has 0 radical (unpaired) electrons. The molecule has 1 fully saturated rings. The number of aliphatic carboxylic acids is 1. The number of alkyl carbamates (subject to hydrolysis) is 1. The van der Waals surface area contributed by atoms with Crippen molar-refractivity contribution in [3.8, 4) is 11.1 Å². The number of hydrogen-bond acceptors (Lipinski definition) is 7. The maximum absolute atomic E-state index is 13.6. The quantitative estimate of drug-likeness (QED) is 0.206. The normalized spacial score (nSPS) is 16.8. The van der Waals surface area contributed by atoms with E-state index in [0.29, 0.717) is 12.1 Å². The van der Waals surface area contributed by atoms with Gasteiger partial charge in [-0.1, -0.05) is 48.5 Å². The van der Waals surface area contributed by atoms with Crippen molar-refractivity contribution in [1.82, 2.24) is 25.5 Å². The molecule has 13 heteroatoms. The smallest absolute Gasteiger partial charge is 0.407 e. The van der Waals surface area contributed by atoms with E-state index in [1.807, 2.05) is 48.5 Å². The minimum Gasteiger partial charge on any atom is -0.480 e. The summed E-state index contributed by atoms with van der Waals surface area (Å²) in [7, 11) is 0. The molecular formula is C31H34N6O7. The second-order valence-electron chi connectivity index (χ2n) is 10.9. The van der Waals surface area contributed by atoms with E-state index >= 15 is 0 Å². The summed E-state index contributed by atoms with van der Waals surface area (Å²) in [6, 6.07) is 12.4. The van der Waals surface area contributed by atoms with Crippen molar-refractivity contribution >= 4 is 29.8 Å². The molecule has 13 nitrogen and oxygen atoms in total. The highest BCUT2D eigenvalue weighted by Gasteiger charge is 2.38. The molecule has 2 heterocycles. The maximum atomic E-state index is 13.6. The molecule has 230 valence electrons. The fourth-order valence-electron chi connectivity index (χ4n) is 5.91. The molecule has 3 atom stereocenters. The molecule has 1 aliphatic heterocycles. The summed E-state index contributed by atoms with van der Waals surface area (Å²) in [5, 5.41) is 14.8. The van der Waals surface area contributed by atoms with Crippen LogP contribution in [0.1, 0.15) is 48.4 Å². The molecule has 1 aromatic heterocycles. The van der Waals surface area contributed by atoms with Crippen LogP contribution >= 0.6 is 0 Å². The number of carbonyl (C=O) groups excluding carboxylic acids is 4. The van der Waals surface area contributed by atoms with E-state index in [2.05, 4.69) is 20.6 Å². The number of primary amides is 1. The van der Waals surface area contributed by atoms with E-state index in [1.54, 1.807) is 0 Å². The lowest BCUT2D eigenvalue weighted by molar-refractivity contribution is -0.149. The topological polar surface area (TPSA) is 197 Å². The molecule has 3 aromatic rings. The first-order chi connectivity index (χ1) is 21.2. The van der Waals surface area contributed by atoms with Gasteiger partial charge in [0.15, 0.2) is 0 Å². The Morgan fingerprint density at radius 3 is 2.32 bits per heavy atom. The molecule has 2 aliphatic rings. The van der Waals surface area contributed by atoms with Crippen LogP contribution in [0.15, 0.2) is 61.1 Å². The minimum absolute atomic E-state index is 0.00573. The highest BCUT2D eigenvalue weighted by Crippen LogP contribution is 2.44. The maximum Gasteiger partial charge on any atom is 0.407 e. The van der Waals surface area contributed by atoms with Crippen molar-refractivity contribution < 1.29 is 33.8 Å². The Hall–Kier alpha value is -5.20. The van der Waals surface area contributed by atoms with Crippen molar-refractivity contribution in [3.63, 3.8) is 0 Å². The number of likely N-dealkylation sites (tertiary alicyclic amines) is 1. The molecule has 44 heavy (non-hydrogen) atoms. The number of nitrogens with one attached hydrogen (secondary N) is 3. The third kappa shape index (κ3) is 6.72. The van der Waals surface area contributed by atoms with E-state index in [9.17, 15) is 29.1 Å². The molecule has 0 bridgehead atoms. The van der Waals surface area contributed by atoms with Crippen LogP contribution in [0.2, 0.25) is 0 Å². The Balaban J connectivity index is 1.29. The molecule has 0 spiro atoms. The monoisotopic (exact) mass is 602 g/mol. The fraction of sp³-hybridized carbons (Fsp3) is 0.355. The summed E-state index contributed by atoms with van der Waals surface area (Å²) in [6.07, 6.45) is 2.50. The van der Waals surface area contributed by atoms with Crippen molar-refractivity contribution in [1.29, 1.82) is 0 Å². The van der Waals surface area contributed by atoms with Crippen LogP contribution in [-0.2, 0) is 30.3 Å². The lowest BCUT2D eigenvalue weighted by Crippen LogP contribution is -2.56. The van der Waals surface area contributed by atoms with Gasteiger partial charge in [-0.3, -0.25) is 14.4 Å². The van der Waals surface area contributed by atoms with E-state index in [0.717, 1.165) is 22.3 Å². The summed E-state index contributed by atoms with van der Waals surface area (Å²) < 4.78 is 5.64. The van der Waals surface area contributed by atoms with Gasteiger partial charge in [0.1, 0.15) is 24.7 Å². The number of imidazole rings is 1. The van der Waals surface area contributed by atoms with Crippen LogP contribution in [0.4, 0.5) is 4.79 Å². The van der Waals surface area contributed by atoms with Gasteiger partial charge in [0.2, 0.25) is 17.7 Å². The predicted molar refractivity (Wildman–Crippen MR) is 157 cm³/mol. The van der Waals surface area contributed by atoms with Crippen molar-refractivity contribution in [2.75, 3.05) is 13.2 Å².